The van der Waals surface area contributed by atoms with Crippen molar-refractivity contribution in [1.82, 2.24) is 9.55 Å². The third kappa shape index (κ3) is 2.57. The number of carbonyl (C=O) groups is 1. The van der Waals surface area contributed by atoms with Crippen LogP contribution in [0.4, 0.5) is 0 Å². The van der Waals surface area contributed by atoms with Crippen LogP contribution in [0.5, 0.6) is 0 Å². The van der Waals surface area contributed by atoms with Crippen LogP contribution in [0.2, 0.25) is 0 Å². The van der Waals surface area contributed by atoms with E-state index >= 15 is 0 Å². The predicted octanol–water partition coefficient (Wildman–Crippen LogP) is 2.95. The van der Waals surface area contributed by atoms with Gasteiger partial charge in [0.05, 0.1) is 23.3 Å². The Morgan fingerprint density at radius 1 is 1.25 bits per heavy atom. The van der Waals surface area contributed by atoms with Crippen LogP contribution in [-0.4, -0.2) is 22.1 Å². The molecule has 0 fully saturated rings. The number of fused-ring (bicyclic) bond motifs is 1. The Bertz CT molecular complexity index is 1000. The van der Waals surface area contributed by atoms with E-state index in [9.17, 15) is 10.1 Å². The number of rotatable bonds is 3. The third-order valence-electron chi connectivity index (χ3n) is 3.55. The maximum atomic E-state index is 11.7. The van der Waals surface area contributed by atoms with E-state index in [-0.39, 0.29) is 5.97 Å². The quantitative estimate of drug-likeness (QED) is 0.693. The van der Waals surface area contributed by atoms with Crippen molar-refractivity contribution in [3.8, 4) is 17.8 Å². The van der Waals surface area contributed by atoms with E-state index in [4.69, 9.17) is 10.00 Å². The molecule has 0 aliphatic rings. The summed E-state index contributed by atoms with van der Waals surface area (Å²) in [4.78, 5) is 16.0. The molecule has 0 saturated heterocycles. The zero-order chi connectivity index (χ0) is 17.1. The Hall–Kier alpha value is -3.64. The first kappa shape index (κ1) is 15.3. The number of pyridine rings is 1. The zero-order valence-corrected chi connectivity index (χ0v) is 12.9. The Kier molecular flexibility index (Phi) is 3.96. The standard InChI is InChI=1S/C18H12N4O2/c1-2-24-18(23)13-3-5-15(6-4-13)22-11-14(9-20)16-7-12(8-19)10-21-17(16)22/h3-7,10-11H,2H2,1H3. The van der Waals surface area contributed by atoms with Crippen molar-refractivity contribution in [3.63, 3.8) is 0 Å². The Labute approximate surface area is 138 Å². The second-order valence-electron chi connectivity index (χ2n) is 5.00. The summed E-state index contributed by atoms with van der Waals surface area (Å²) >= 11 is 0. The number of benzene rings is 1. The second kappa shape index (κ2) is 6.23. The molecular formula is C18H12N4O2. The van der Waals surface area contributed by atoms with Crippen molar-refractivity contribution >= 4 is 17.0 Å². The van der Waals surface area contributed by atoms with Crippen LogP contribution < -0.4 is 0 Å². The van der Waals surface area contributed by atoms with E-state index in [1.165, 1.54) is 6.20 Å². The minimum Gasteiger partial charge on any atom is -0.462 e. The van der Waals surface area contributed by atoms with Gasteiger partial charge >= 0.3 is 5.97 Å². The van der Waals surface area contributed by atoms with Crippen molar-refractivity contribution in [2.45, 2.75) is 6.92 Å². The average molecular weight is 316 g/mol. The van der Waals surface area contributed by atoms with Crippen LogP contribution in [-0.2, 0) is 4.74 Å². The molecular weight excluding hydrogens is 304 g/mol. The Morgan fingerprint density at radius 3 is 2.62 bits per heavy atom. The molecule has 0 amide bonds. The highest BCUT2D eigenvalue weighted by Crippen LogP contribution is 2.24. The number of nitrogens with zero attached hydrogens (tertiary/aromatic N) is 4. The average Bonchev–Trinajstić information content (AvgIpc) is 3.00. The molecule has 3 rings (SSSR count). The fourth-order valence-corrected chi connectivity index (χ4v) is 2.43. The molecule has 6 nitrogen and oxygen atoms in total. The van der Waals surface area contributed by atoms with Gasteiger partial charge in [-0.05, 0) is 37.3 Å². The summed E-state index contributed by atoms with van der Waals surface area (Å²) in [6, 6.07) is 12.6. The summed E-state index contributed by atoms with van der Waals surface area (Å²) in [7, 11) is 0. The van der Waals surface area contributed by atoms with E-state index in [1.807, 2.05) is 6.07 Å². The molecule has 0 N–H and O–H groups in total. The van der Waals surface area contributed by atoms with Crippen molar-refractivity contribution in [1.29, 1.82) is 10.5 Å². The van der Waals surface area contributed by atoms with Crippen LogP contribution in [0.25, 0.3) is 16.7 Å². The van der Waals surface area contributed by atoms with Crippen molar-refractivity contribution < 1.29 is 9.53 Å². The second-order valence-corrected chi connectivity index (χ2v) is 5.00. The third-order valence-corrected chi connectivity index (χ3v) is 3.55. The fourth-order valence-electron chi connectivity index (χ4n) is 2.43. The lowest BCUT2D eigenvalue weighted by atomic mass is 10.2. The molecule has 0 atom stereocenters. The monoisotopic (exact) mass is 316 g/mol. The molecule has 6 heteroatoms. The van der Waals surface area contributed by atoms with E-state index in [0.717, 1.165) is 5.69 Å². The molecule has 0 bridgehead atoms. The van der Waals surface area contributed by atoms with Crippen molar-refractivity contribution in [2.24, 2.45) is 0 Å². The number of esters is 1. The van der Waals surface area contributed by atoms with Crippen LogP contribution in [0, 0.1) is 22.7 Å². The molecule has 116 valence electrons. The summed E-state index contributed by atoms with van der Waals surface area (Å²) in [5.41, 5.74) is 2.62. The summed E-state index contributed by atoms with van der Waals surface area (Å²) < 4.78 is 6.71. The van der Waals surface area contributed by atoms with Crippen LogP contribution in [0.15, 0.2) is 42.7 Å². The van der Waals surface area contributed by atoms with Gasteiger partial charge in [0.1, 0.15) is 17.8 Å². The van der Waals surface area contributed by atoms with Gasteiger partial charge < -0.3 is 4.74 Å². The van der Waals surface area contributed by atoms with Crippen LogP contribution in [0.1, 0.15) is 28.4 Å². The van der Waals surface area contributed by atoms with E-state index in [0.29, 0.717) is 34.3 Å². The highest BCUT2D eigenvalue weighted by atomic mass is 16.5. The molecule has 1 aromatic carbocycles. The van der Waals surface area contributed by atoms with Gasteiger partial charge in [-0.15, -0.1) is 0 Å². The number of hydrogen-bond donors (Lipinski definition) is 0. The van der Waals surface area contributed by atoms with Crippen molar-refractivity contribution in [3.05, 3.63) is 59.4 Å². The number of aromatic nitrogens is 2. The summed E-state index contributed by atoms with van der Waals surface area (Å²) in [5.74, 6) is -0.379. The first-order valence-corrected chi connectivity index (χ1v) is 7.26. The molecule has 24 heavy (non-hydrogen) atoms. The van der Waals surface area contributed by atoms with Crippen LogP contribution >= 0.6 is 0 Å². The van der Waals surface area contributed by atoms with Gasteiger partial charge in [-0.25, -0.2) is 9.78 Å². The van der Waals surface area contributed by atoms with Crippen molar-refractivity contribution in [2.75, 3.05) is 6.61 Å². The Morgan fingerprint density at radius 2 is 2.00 bits per heavy atom. The minimum absolute atomic E-state index is 0.319. The summed E-state index contributed by atoms with van der Waals surface area (Å²) in [6.45, 7) is 2.07. The van der Waals surface area contributed by atoms with Gasteiger partial charge in [0.15, 0.2) is 0 Å². The lowest BCUT2D eigenvalue weighted by Gasteiger charge is -2.06. The largest absolute Gasteiger partial charge is 0.462 e. The first-order valence-electron chi connectivity index (χ1n) is 7.26. The van der Waals surface area contributed by atoms with Gasteiger partial charge in [-0.3, -0.25) is 4.57 Å². The highest BCUT2D eigenvalue weighted by Gasteiger charge is 2.13. The number of nitriles is 2. The number of carbonyl (C=O) groups excluding carboxylic acids is 1. The van der Waals surface area contributed by atoms with Gasteiger partial charge in [0, 0.05) is 23.5 Å². The normalized spacial score (nSPS) is 10.1. The van der Waals surface area contributed by atoms with Gasteiger partial charge in [0.25, 0.3) is 0 Å². The Balaban J connectivity index is 2.08. The van der Waals surface area contributed by atoms with Gasteiger partial charge in [-0.2, -0.15) is 10.5 Å². The molecule has 0 aliphatic carbocycles. The molecule has 0 saturated carbocycles. The zero-order valence-electron chi connectivity index (χ0n) is 12.9. The molecule has 0 unspecified atom stereocenters. The number of ether oxygens (including phenoxy) is 1. The molecule has 3 aromatic rings. The lowest BCUT2D eigenvalue weighted by molar-refractivity contribution is 0.0526. The summed E-state index contributed by atoms with van der Waals surface area (Å²) in [5, 5.41) is 18.9. The smallest absolute Gasteiger partial charge is 0.338 e. The SMILES string of the molecule is CCOC(=O)c1ccc(-n2cc(C#N)c3cc(C#N)cnc32)cc1. The number of hydrogen-bond acceptors (Lipinski definition) is 5. The highest BCUT2D eigenvalue weighted by molar-refractivity contribution is 5.90. The molecule has 0 spiro atoms. The molecule has 0 radical (unpaired) electrons. The maximum absolute atomic E-state index is 11.7. The topological polar surface area (TPSA) is 91.7 Å². The van der Waals surface area contributed by atoms with Gasteiger partial charge in [0.2, 0.25) is 0 Å². The predicted molar refractivity (Wildman–Crippen MR) is 86.5 cm³/mol. The first-order chi connectivity index (χ1) is 11.7. The minimum atomic E-state index is -0.379. The van der Waals surface area contributed by atoms with E-state index in [2.05, 4.69) is 11.1 Å². The van der Waals surface area contributed by atoms with E-state index < -0.39 is 0 Å². The van der Waals surface area contributed by atoms with Gasteiger partial charge in [-0.1, -0.05) is 0 Å². The molecule has 2 aromatic heterocycles. The van der Waals surface area contributed by atoms with Crippen LogP contribution in [0.3, 0.4) is 0 Å². The lowest BCUT2D eigenvalue weighted by Crippen LogP contribution is -2.04. The fraction of sp³-hybridized carbons (Fsp3) is 0.111. The van der Waals surface area contributed by atoms with E-state index in [1.54, 1.807) is 48.0 Å². The molecule has 0 aliphatic heterocycles. The summed E-state index contributed by atoms with van der Waals surface area (Å²) in [6.07, 6.45) is 3.13. The maximum Gasteiger partial charge on any atom is 0.338 e. The molecule has 2 heterocycles.